The monoisotopic (exact) mass is 260 g/mol. The molecule has 14 heavy (non-hydrogen) atoms. The van der Waals surface area contributed by atoms with E-state index < -0.39 is 0 Å². The van der Waals surface area contributed by atoms with E-state index in [1.54, 1.807) is 0 Å². The smallest absolute Gasteiger partial charge is 0.153 e. The third-order valence-electron chi connectivity index (χ3n) is 2.18. The Balaban J connectivity index is 2.85. The standard InChI is InChI=1S/C9H17BrN4/c1-4-6-7(11-5-2)8-9(10)12-13-14(8)3/h7,11H,4-6H2,1-3H3. The molecular formula is C9H17BrN4. The minimum atomic E-state index is 0.347. The molecule has 0 saturated heterocycles. The van der Waals surface area contributed by atoms with Crippen molar-refractivity contribution in [1.82, 2.24) is 20.3 Å². The Kier molecular flexibility index (Phi) is 4.54. The summed E-state index contributed by atoms with van der Waals surface area (Å²) in [7, 11) is 1.92. The second kappa shape index (κ2) is 5.46. The number of halogens is 1. The molecule has 0 saturated carbocycles. The lowest BCUT2D eigenvalue weighted by molar-refractivity contribution is 0.473. The molecule has 0 aliphatic carbocycles. The molecule has 0 aromatic carbocycles. The van der Waals surface area contributed by atoms with Gasteiger partial charge in [0, 0.05) is 7.05 Å². The van der Waals surface area contributed by atoms with Crippen LogP contribution in [0.3, 0.4) is 0 Å². The molecule has 0 fully saturated rings. The van der Waals surface area contributed by atoms with Crippen molar-refractivity contribution in [2.75, 3.05) is 6.54 Å². The first-order valence-corrected chi connectivity index (χ1v) is 5.78. The normalized spacial score (nSPS) is 13.1. The van der Waals surface area contributed by atoms with Crippen LogP contribution in [0.5, 0.6) is 0 Å². The predicted molar refractivity (Wildman–Crippen MR) is 60.0 cm³/mol. The van der Waals surface area contributed by atoms with Gasteiger partial charge in [-0.1, -0.05) is 25.5 Å². The summed E-state index contributed by atoms with van der Waals surface area (Å²) in [6, 6.07) is 0.347. The third kappa shape index (κ3) is 2.54. The highest BCUT2D eigenvalue weighted by atomic mass is 79.9. The summed E-state index contributed by atoms with van der Waals surface area (Å²) >= 11 is 3.42. The van der Waals surface area contributed by atoms with Gasteiger partial charge in [0.15, 0.2) is 4.60 Å². The predicted octanol–water partition coefficient (Wildman–Crippen LogP) is 2.03. The van der Waals surface area contributed by atoms with Gasteiger partial charge in [-0.3, -0.25) is 0 Å². The summed E-state index contributed by atoms with van der Waals surface area (Å²) in [6.07, 6.45) is 2.25. The number of nitrogens with one attached hydrogen (secondary N) is 1. The van der Waals surface area contributed by atoms with Gasteiger partial charge < -0.3 is 5.32 Å². The van der Waals surface area contributed by atoms with Gasteiger partial charge >= 0.3 is 0 Å². The van der Waals surface area contributed by atoms with Crippen LogP contribution in [0.2, 0.25) is 0 Å². The van der Waals surface area contributed by atoms with E-state index in [0.29, 0.717) is 6.04 Å². The van der Waals surface area contributed by atoms with E-state index >= 15 is 0 Å². The van der Waals surface area contributed by atoms with Crippen LogP contribution in [-0.4, -0.2) is 21.5 Å². The zero-order chi connectivity index (χ0) is 10.6. The molecule has 1 unspecified atom stereocenters. The summed E-state index contributed by atoms with van der Waals surface area (Å²) in [4.78, 5) is 0. The van der Waals surface area contributed by atoms with Crippen LogP contribution in [0.25, 0.3) is 0 Å². The van der Waals surface area contributed by atoms with E-state index in [-0.39, 0.29) is 0 Å². The zero-order valence-electron chi connectivity index (χ0n) is 8.92. The highest BCUT2D eigenvalue weighted by molar-refractivity contribution is 9.10. The topological polar surface area (TPSA) is 42.7 Å². The number of rotatable bonds is 5. The Morgan fingerprint density at radius 1 is 1.50 bits per heavy atom. The maximum Gasteiger partial charge on any atom is 0.153 e. The minimum Gasteiger partial charge on any atom is -0.309 e. The number of nitrogens with zero attached hydrogens (tertiary/aromatic N) is 3. The molecule has 1 rings (SSSR count). The van der Waals surface area contributed by atoms with Crippen LogP contribution in [0.4, 0.5) is 0 Å². The Hall–Kier alpha value is -0.420. The molecule has 1 heterocycles. The van der Waals surface area contributed by atoms with E-state index in [0.717, 1.165) is 29.7 Å². The second-order valence-corrected chi connectivity index (χ2v) is 4.04. The van der Waals surface area contributed by atoms with Crippen molar-refractivity contribution in [3.63, 3.8) is 0 Å². The average molecular weight is 261 g/mol. The number of aryl methyl sites for hydroxylation is 1. The summed E-state index contributed by atoms with van der Waals surface area (Å²) in [6.45, 7) is 5.25. The first-order valence-electron chi connectivity index (χ1n) is 4.99. The Morgan fingerprint density at radius 3 is 2.64 bits per heavy atom. The van der Waals surface area contributed by atoms with Gasteiger partial charge in [0.1, 0.15) is 0 Å². The van der Waals surface area contributed by atoms with E-state index in [1.165, 1.54) is 0 Å². The lowest BCUT2D eigenvalue weighted by atomic mass is 10.1. The van der Waals surface area contributed by atoms with E-state index in [1.807, 2.05) is 11.7 Å². The van der Waals surface area contributed by atoms with Crippen molar-refractivity contribution in [2.24, 2.45) is 7.05 Å². The highest BCUT2D eigenvalue weighted by Crippen LogP contribution is 2.23. The van der Waals surface area contributed by atoms with Gasteiger partial charge in [-0.15, -0.1) is 5.10 Å². The molecule has 0 aliphatic heterocycles. The van der Waals surface area contributed by atoms with Gasteiger partial charge in [0.25, 0.3) is 0 Å². The maximum atomic E-state index is 3.99. The fraction of sp³-hybridized carbons (Fsp3) is 0.778. The van der Waals surface area contributed by atoms with Gasteiger partial charge in [0.2, 0.25) is 0 Å². The van der Waals surface area contributed by atoms with Crippen molar-refractivity contribution in [3.05, 3.63) is 10.3 Å². The zero-order valence-corrected chi connectivity index (χ0v) is 10.5. The highest BCUT2D eigenvalue weighted by Gasteiger charge is 2.17. The molecule has 0 amide bonds. The summed E-state index contributed by atoms with van der Waals surface area (Å²) in [5.74, 6) is 0. The quantitative estimate of drug-likeness (QED) is 0.881. The molecular weight excluding hydrogens is 244 g/mol. The molecule has 0 radical (unpaired) electrons. The molecule has 1 aromatic heterocycles. The average Bonchev–Trinajstić information content (AvgIpc) is 2.46. The van der Waals surface area contributed by atoms with Crippen LogP contribution in [-0.2, 0) is 7.05 Å². The molecule has 80 valence electrons. The molecule has 1 N–H and O–H groups in total. The Labute approximate surface area is 93.2 Å². The van der Waals surface area contributed by atoms with Crippen LogP contribution in [0.15, 0.2) is 4.60 Å². The van der Waals surface area contributed by atoms with Gasteiger partial charge in [-0.25, -0.2) is 4.68 Å². The van der Waals surface area contributed by atoms with Crippen molar-refractivity contribution in [3.8, 4) is 0 Å². The fourth-order valence-corrected chi connectivity index (χ4v) is 2.18. The fourth-order valence-electron chi connectivity index (χ4n) is 1.58. The molecule has 0 spiro atoms. The lowest BCUT2D eigenvalue weighted by Crippen LogP contribution is -2.23. The van der Waals surface area contributed by atoms with Gasteiger partial charge in [0.05, 0.1) is 11.7 Å². The van der Waals surface area contributed by atoms with Crippen molar-refractivity contribution in [1.29, 1.82) is 0 Å². The van der Waals surface area contributed by atoms with Gasteiger partial charge in [-0.2, -0.15) is 0 Å². The summed E-state index contributed by atoms with van der Waals surface area (Å²) in [5.41, 5.74) is 1.13. The molecule has 5 heteroatoms. The molecule has 0 aliphatic rings. The van der Waals surface area contributed by atoms with Gasteiger partial charge in [-0.05, 0) is 28.9 Å². The van der Waals surface area contributed by atoms with Crippen molar-refractivity contribution < 1.29 is 0 Å². The van der Waals surface area contributed by atoms with E-state index in [9.17, 15) is 0 Å². The largest absolute Gasteiger partial charge is 0.309 e. The van der Waals surface area contributed by atoms with Crippen LogP contribution >= 0.6 is 15.9 Å². The maximum absolute atomic E-state index is 3.99. The summed E-state index contributed by atoms with van der Waals surface area (Å²) < 4.78 is 2.67. The third-order valence-corrected chi connectivity index (χ3v) is 2.75. The van der Waals surface area contributed by atoms with E-state index in [2.05, 4.69) is 45.4 Å². The molecule has 1 aromatic rings. The molecule has 1 atom stereocenters. The Morgan fingerprint density at radius 2 is 2.21 bits per heavy atom. The van der Waals surface area contributed by atoms with Crippen LogP contribution < -0.4 is 5.32 Å². The minimum absolute atomic E-state index is 0.347. The van der Waals surface area contributed by atoms with Crippen molar-refractivity contribution >= 4 is 15.9 Å². The number of hydrogen-bond acceptors (Lipinski definition) is 3. The molecule has 0 bridgehead atoms. The molecule has 4 nitrogen and oxygen atoms in total. The Bertz CT molecular complexity index is 259. The number of hydrogen-bond donors (Lipinski definition) is 1. The van der Waals surface area contributed by atoms with Crippen molar-refractivity contribution in [2.45, 2.75) is 32.7 Å². The first kappa shape index (κ1) is 11.7. The summed E-state index contributed by atoms with van der Waals surface area (Å²) in [5, 5.41) is 11.4. The van der Waals surface area contributed by atoms with E-state index in [4.69, 9.17) is 0 Å². The van der Waals surface area contributed by atoms with Crippen LogP contribution in [0.1, 0.15) is 38.4 Å². The first-order chi connectivity index (χ1) is 6.70. The second-order valence-electron chi connectivity index (χ2n) is 3.29. The lowest BCUT2D eigenvalue weighted by Gasteiger charge is -2.16. The SMILES string of the molecule is CCCC(NCC)c1c(Br)nnn1C. The van der Waals surface area contributed by atoms with Crippen LogP contribution in [0, 0.1) is 0 Å². The number of aromatic nitrogens is 3.